The van der Waals surface area contributed by atoms with Gasteiger partial charge in [-0.05, 0) is 24.6 Å². The van der Waals surface area contributed by atoms with Crippen LogP contribution in [-0.4, -0.2) is 17.1 Å². The molecule has 0 bridgehead atoms. The van der Waals surface area contributed by atoms with Gasteiger partial charge < -0.3 is 15.5 Å². The minimum absolute atomic E-state index is 0.377. The van der Waals surface area contributed by atoms with Crippen molar-refractivity contribution in [1.29, 1.82) is 0 Å². The molecule has 0 aliphatic heterocycles. The number of nitrogens with one attached hydrogen (secondary N) is 1. The molecular weight excluding hydrogens is 238 g/mol. The molecule has 0 aliphatic carbocycles. The van der Waals surface area contributed by atoms with Gasteiger partial charge in [0.15, 0.2) is 0 Å². The van der Waals surface area contributed by atoms with E-state index in [-0.39, 0.29) is 6.04 Å². The lowest BCUT2D eigenvalue weighted by atomic mass is 10.0. The van der Waals surface area contributed by atoms with Crippen LogP contribution in [0.3, 0.4) is 0 Å². The summed E-state index contributed by atoms with van der Waals surface area (Å²) in [6.07, 6.45) is 3.40. The lowest BCUT2D eigenvalue weighted by Gasteiger charge is -2.15. The Morgan fingerprint density at radius 2 is 2.24 bits per heavy atom. The van der Waals surface area contributed by atoms with E-state index in [4.69, 9.17) is 22.1 Å². The van der Waals surface area contributed by atoms with Gasteiger partial charge in [0.1, 0.15) is 11.6 Å². The number of aromatic amines is 1. The van der Waals surface area contributed by atoms with E-state index in [1.165, 1.54) is 0 Å². The Kier molecular flexibility index (Phi) is 3.36. The monoisotopic (exact) mass is 251 g/mol. The zero-order valence-electron chi connectivity index (χ0n) is 9.70. The number of imidazole rings is 1. The fourth-order valence-electron chi connectivity index (χ4n) is 1.69. The number of aryl methyl sites for hydroxylation is 1. The summed E-state index contributed by atoms with van der Waals surface area (Å²) in [6, 6.07) is 3.32. The summed E-state index contributed by atoms with van der Waals surface area (Å²) in [7, 11) is 1.61. The zero-order valence-corrected chi connectivity index (χ0v) is 10.5. The molecule has 1 aromatic heterocycles. The molecule has 1 aromatic carbocycles. The second-order valence-corrected chi connectivity index (χ2v) is 4.20. The third-order valence-electron chi connectivity index (χ3n) is 2.66. The fraction of sp³-hybridized carbons (Fsp3) is 0.250. The minimum atomic E-state index is -0.377. The summed E-state index contributed by atoms with van der Waals surface area (Å²) in [5.41, 5.74) is 7.90. The molecule has 2 aromatic rings. The van der Waals surface area contributed by atoms with Crippen molar-refractivity contribution in [2.45, 2.75) is 13.0 Å². The molecule has 0 amide bonds. The topological polar surface area (TPSA) is 63.9 Å². The van der Waals surface area contributed by atoms with Crippen LogP contribution in [0.5, 0.6) is 5.75 Å². The standard InChI is InChI=1S/C12H14ClN3O/c1-7-5-10(17-2)8(6-9(7)13)11(14)12-15-3-4-16-12/h3-6,11H,14H2,1-2H3,(H,15,16). The summed E-state index contributed by atoms with van der Waals surface area (Å²) in [6.45, 7) is 1.92. The van der Waals surface area contributed by atoms with Gasteiger partial charge in [-0.15, -0.1) is 0 Å². The Hall–Kier alpha value is -1.52. The van der Waals surface area contributed by atoms with Crippen molar-refractivity contribution in [3.63, 3.8) is 0 Å². The molecule has 1 unspecified atom stereocenters. The summed E-state index contributed by atoms with van der Waals surface area (Å²) < 4.78 is 5.32. The van der Waals surface area contributed by atoms with E-state index in [1.54, 1.807) is 19.5 Å². The smallest absolute Gasteiger partial charge is 0.127 e. The highest BCUT2D eigenvalue weighted by molar-refractivity contribution is 6.31. The largest absolute Gasteiger partial charge is 0.496 e. The third kappa shape index (κ3) is 2.28. The first-order chi connectivity index (χ1) is 8.13. The maximum atomic E-state index is 6.12. The van der Waals surface area contributed by atoms with E-state index in [1.807, 2.05) is 19.1 Å². The van der Waals surface area contributed by atoms with Crippen LogP contribution in [-0.2, 0) is 0 Å². The van der Waals surface area contributed by atoms with Crippen LogP contribution >= 0.6 is 11.6 Å². The number of aromatic nitrogens is 2. The average molecular weight is 252 g/mol. The lowest BCUT2D eigenvalue weighted by molar-refractivity contribution is 0.407. The number of hydrogen-bond acceptors (Lipinski definition) is 3. The molecule has 0 saturated heterocycles. The molecule has 4 nitrogen and oxygen atoms in total. The van der Waals surface area contributed by atoms with Gasteiger partial charge in [-0.25, -0.2) is 4.98 Å². The van der Waals surface area contributed by atoms with Crippen LogP contribution in [0.15, 0.2) is 24.5 Å². The zero-order chi connectivity index (χ0) is 12.4. The van der Waals surface area contributed by atoms with Crippen molar-refractivity contribution in [2.75, 3.05) is 7.11 Å². The van der Waals surface area contributed by atoms with Crippen LogP contribution in [0, 0.1) is 6.92 Å². The number of halogens is 1. The molecule has 0 saturated carbocycles. The van der Waals surface area contributed by atoms with Gasteiger partial charge in [0, 0.05) is 23.0 Å². The highest BCUT2D eigenvalue weighted by Gasteiger charge is 2.17. The fourth-order valence-corrected chi connectivity index (χ4v) is 1.86. The predicted octanol–water partition coefficient (Wildman–Crippen LogP) is 2.43. The molecule has 1 atom stereocenters. The summed E-state index contributed by atoms with van der Waals surface area (Å²) in [4.78, 5) is 7.13. The SMILES string of the molecule is COc1cc(C)c(Cl)cc1C(N)c1ncc[nH]1. The van der Waals surface area contributed by atoms with E-state index in [9.17, 15) is 0 Å². The second-order valence-electron chi connectivity index (χ2n) is 3.80. The highest BCUT2D eigenvalue weighted by Crippen LogP contribution is 2.31. The van der Waals surface area contributed by atoms with Crippen LogP contribution in [0.4, 0.5) is 0 Å². The number of H-pyrrole nitrogens is 1. The average Bonchev–Trinajstić information content (AvgIpc) is 2.84. The van der Waals surface area contributed by atoms with E-state index in [0.29, 0.717) is 10.8 Å². The van der Waals surface area contributed by atoms with E-state index in [2.05, 4.69) is 9.97 Å². The van der Waals surface area contributed by atoms with Crippen molar-refractivity contribution >= 4 is 11.6 Å². The van der Waals surface area contributed by atoms with Crippen LogP contribution in [0.1, 0.15) is 23.0 Å². The lowest BCUT2D eigenvalue weighted by Crippen LogP contribution is -2.15. The van der Waals surface area contributed by atoms with Gasteiger partial charge in [-0.3, -0.25) is 0 Å². The summed E-state index contributed by atoms with van der Waals surface area (Å²) in [5.74, 6) is 1.40. The Bertz CT molecular complexity index is 511. The number of benzene rings is 1. The summed E-state index contributed by atoms with van der Waals surface area (Å²) >= 11 is 6.11. The highest BCUT2D eigenvalue weighted by atomic mass is 35.5. The van der Waals surface area contributed by atoms with E-state index in [0.717, 1.165) is 16.9 Å². The summed E-state index contributed by atoms with van der Waals surface area (Å²) in [5, 5.41) is 0.669. The van der Waals surface area contributed by atoms with Gasteiger partial charge in [0.25, 0.3) is 0 Å². The van der Waals surface area contributed by atoms with Crippen molar-refractivity contribution in [3.8, 4) is 5.75 Å². The maximum Gasteiger partial charge on any atom is 0.127 e. The van der Waals surface area contributed by atoms with Gasteiger partial charge in [0.05, 0.1) is 13.2 Å². The van der Waals surface area contributed by atoms with Crippen molar-refractivity contribution in [3.05, 3.63) is 46.5 Å². The molecule has 17 heavy (non-hydrogen) atoms. The maximum absolute atomic E-state index is 6.12. The quantitative estimate of drug-likeness (QED) is 0.881. The van der Waals surface area contributed by atoms with Crippen molar-refractivity contribution < 1.29 is 4.74 Å². The predicted molar refractivity (Wildman–Crippen MR) is 67.4 cm³/mol. The number of hydrogen-bond donors (Lipinski definition) is 2. The van der Waals surface area contributed by atoms with Gasteiger partial charge in [-0.2, -0.15) is 0 Å². The first kappa shape index (κ1) is 12.0. The molecule has 2 rings (SSSR count). The Morgan fingerprint density at radius 3 is 2.82 bits per heavy atom. The molecule has 1 heterocycles. The molecule has 0 spiro atoms. The normalized spacial score (nSPS) is 12.5. The van der Waals surface area contributed by atoms with Crippen LogP contribution < -0.4 is 10.5 Å². The molecule has 5 heteroatoms. The molecule has 0 fully saturated rings. The second kappa shape index (κ2) is 4.77. The third-order valence-corrected chi connectivity index (χ3v) is 3.07. The number of rotatable bonds is 3. The molecule has 90 valence electrons. The van der Waals surface area contributed by atoms with Crippen LogP contribution in [0.25, 0.3) is 0 Å². The van der Waals surface area contributed by atoms with Crippen molar-refractivity contribution in [2.24, 2.45) is 5.73 Å². The molecule has 3 N–H and O–H groups in total. The Morgan fingerprint density at radius 1 is 1.47 bits per heavy atom. The first-order valence-corrected chi connectivity index (χ1v) is 5.60. The first-order valence-electron chi connectivity index (χ1n) is 5.22. The van der Waals surface area contributed by atoms with Crippen LogP contribution in [0.2, 0.25) is 5.02 Å². The molecule has 0 radical (unpaired) electrons. The van der Waals surface area contributed by atoms with Gasteiger partial charge >= 0.3 is 0 Å². The van der Waals surface area contributed by atoms with Crippen molar-refractivity contribution in [1.82, 2.24) is 9.97 Å². The Balaban J connectivity index is 2.47. The molecule has 0 aliphatic rings. The van der Waals surface area contributed by atoms with Gasteiger partial charge in [0.2, 0.25) is 0 Å². The number of nitrogens with zero attached hydrogens (tertiary/aromatic N) is 1. The number of ether oxygens (including phenoxy) is 1. The Labute approximate surface area is 105 Å². The van der Waals surface area contributed by atoms with Gasteiger partial charge in [-0.1, -0.05) is 11.6 Å². The number of nitrogens with two attached hydrogens (primary N) is 1. The van der Waals surface area contributed by atoms with E-state index < -0.39 is 0 Å². The number of methoxy groups -OCH3 is 1. The minimum Gasteiger partial charge on any atom is -0.496 e. The van der Waals surface area contributed by atoms with E-state index >= 15 is 0 Å². The molecular formula is C12H14ClN3O.